The molecule has 13 heteroatoms. The lowest BCUT2D eigenvalue weighted by Crippen LogP contribution is -2.47. The number of methoxy groups -OCH3 is 2. The number of anilines is 1. The molecule has 0 radical (unpaired) electrons. The summed E-state index contributed by atoms with van der Waals surface area (Å²) >= 11 is 1.23. The molecule has 12 nitrogen and oxygen atoms in total. The highest BCUT2D eigenvalue weighted by Gasteiger charge is 2.36. The van der Waals surface area contributed by atoms with Gasteiger partial charge in [0.1, 0.15) is 27.7 Å². The van der Waals surface area contributed by atoms with Crippen LogP contribution in [0.5, 0.6) is 11.5 Å². The molecule has 52 heavy (non-hydrogen) atoms. The first-order chi connectivity index (χ1) is 24.4. The molecule has 0 fully saturated rings. The lowest BCUT2D eigenvalue weighted by Gasteiger charge is -2.36. The quantitative estimate of drug-likeness (QED) is 0.130. The zero-order chi connectivity index (χ0) is 38.0. The Bertz CT molecular complexity index is 1970. The molecule has 5 rings (SSSR count). The van der Waals surface area contributed by atoms with Crippen molar-refractivity contribution < 1.29 is 38.1 Å². The smallest absolute Gasteiger partial charge is 0.397 e. The van der Waals surface area contributed by atoms with Gasteiger partial charge in [0, 0.05) is 47.2 Å². The normalized spacial score (nSPS) is 14.8. The minimum absolute atomic E-state index is 0.148. The van der Waals surface area contributed by atoms with Crippen LogP contribution in [0.1, 0.15) is 79.2 Å². The van der Waals surface area contributed by atoms with E-state index in [9.17, 15) is 19.2 Å². The monoisotopic (exact) mass is 732 g/mol. The van der Waals surface area contributed by atoms with Crippen molar-refractivity contribution in [2.45, 2.75) is 91.6 Å². The van der Waals surface area contributed by atoms with E-state index in [2.05, 4.69) is 20.5 Å². The number of esters is 2. The zero-order valence-electron chi connectivity index (χ0n) is 31.3. The van der Waals surface area contributed by atoms with Crippen molar-refractivity contribution in [2.24, 2.45) is 0 Å². The summed E-state index contributed by atoms with van der Waals surface area (Å²) < 4.78 is 21.9. The van der Waals surface area contributed by atoms with Crippen molar-refractivity contribution in [2.75, 3.05) is 26.1 Å². The first-order valence-corrected chi connectivity index (χ1v) is 18.0. The maximum absolute atomic E-state index is 13.8. The van der Waals surface area contributed by atoms with E-state index in [1.54, 1.807) is 55.8 Å². The number of carbonyl (C=O) groups excluding carboxylic acids is 4. The molecule has 278 valence electrons. The maximum atomic E-state index is 13.8. The first kappa shape index (κ1) is 38.4. The van der Waals surface area contributed by atoms with Crippen molar-refractivity contribution in [1.29, 1.82) is 0 Å². The average Bonchev–Trinajstić information content (AvgIpc) is 3.57. The number of fused-ring (bicyclic) bond motifs is 2. The van der Waals surface area contributed by atoms with Crippen molar-refractivity contribution in [3.8, 4) is 11.5 Å². The molecule has 3 N–H and O–H groups in total. The van der Waals surface area contributed by atoms with E-state index in [-0.39, 0.29) is 28.9 Å². The third-order valence-electron chi connectivity index (χ3n) is 8.55. The number of H-pyrrole nitrogens is 1. The molecule has 3 heterocycles. The Morgan fingerprint density at radius 2 is 1.58 bits per heavy atom. The van der Waals surface area contributed by atoms with Gasteiger partial charge in [-0.3, -0.25) is 14.5 Å². The first-order valence-electron chi connectivity index (χ1n) is 17.2. The van der Waals surface area contributed by atoms with E-state index >= 15 is 0 Å². The molecule has 0 bridgehead atoms. The third kappa shape index (κ3) is 9.31. The predicted octanol–water partition coefficient (Wildman–Crippen LogP) is 6.08. The number of nitrogens with zero attached hydrogens (tertiary/aromatic N) is 1. The molecule has 0 aliphatic carbocycles. The van der Waals surface area contributed by atoms with E-state index in [0.717, 1.165) is 38.4 Å². The van der Waals surface area contributed by atoms with E-state index in [0.29, 0.717) is 37.4 Å². The molecule has 0 spiro atoms. The summed E-state index contributed by atoms with van der Waals surface area (Å²) in [5.41, 5.74) is 2.98. The van der Waals surface area contributed by atoms with Gasteiger partial charge in [-0.2, -0.15) is 0 Å². The second-order valence-corrected chi connectivity index (χ2v) is 16.0. The zero-order valence-corrected chi connectivity index (χ0v) is 32.1. The number of hydrogen-bond acceptors (Lipinski definition) is 10. The molecule has 1 unspecified atom stereocenters. The molecule has 1 aliphatic heterocycles. The molecule has 1 atom stereocenters. The highest BCUT2D eigenvalue weighted by Crippen LogP contribution is 2.40. The Balaban J connectivity index is 1.45. The maximum Gasteiger partial charge on any atom is 0.397 e. The number of aryl methyl sites for hydroxylation is 1. The van der Waals surface area contributed by atoms with Gasteiger partial charge in [-0.05, 0) is 102 Å². The van der Waals surface area contributed by atoms with Crippen molar-refractivity contribution in [3.05, 3.63) is 75.3 Å². The van der Waals surface area contributed by atoms with Gasteiger partial charge < -0.3 is 34.6 Å². The van der Waals surface area contributed by atoms with E-state index < -0.39 is 29.0 Å². The second-order valence-electron chi connectivity index (χ2n) is 14.9. The van der Waals surface area contributed by atoms with Crippen molar-refractivity contribution in [3.63, 3.8) is 0 Å². The van der Waals surface area contributed by atoms with Crippen LogP contribution in [0.2, 0.25) is 0 Å². The number of nitrogens with one attached hydrogen (secondary N) is 3. The van der Waals surface area contributed by atoms with E-state index in [1.165, 1.54) is 11.3 Å². The van der Waals surface area contributed by atoms with Gasteiger partial charge in [0.25, 0.3) is 0 Å². The number of carbonyl (C=O) groups is 4. The van der Waals surface area contributed by atoms with Crippen LogP contribution in [0.3, 0.4) is 0 Å². The minimum Gasteiger partial charge on any atom is -0.497 e. The van der Waals surface area contributed by atoms with Crippen LogP contribution in [-0.2, 0) is 49.8 Å². The predicted molar refractivity (Wildman–Crippen MR) is 200 cm³/mol. The molecule has 0 saturated heterocycles. The Morgan fingerprint density at radius 3 is 2.21 bits per heavy atom. The van der Waals surface area contributed by atoms with Crippen molar-refractivity contribution in [1.82, 2.24) is 15.2 Å². The number of thiophene rings is 1. The standard InChI is InChI=1S/C39H48N4O8S/c1-22-27(28-17-26(49-9)14-15-30(28)41-22)18-32(44)40-19-24-16-29-31(21-43(24)20-23-10-12-25(48-8)13-11-23)52-35(33(29)36(46)50-38(2,3)4)42-34(45)37(47)51-39(5,6)7/h10-15,17,24,41H,16,18-21H2,1-9H3,(H,40,44)(H,42,45). The Kier molecular flexibility index (Phi) is 11.3. The Labute approximate surface area is 308 Å². The fourth-order valence-electron chi connectivity index (χ4n) is 6.17. The van der Waals surface area contributed by atoms with Crippen LogP contribution >= 0.6 is 11.3 Å². The molecule has 2 aromatic heterocycles. The Morgan fingerprint density at radius 1 is 0.923 bits per heavy atom. The number of amides is 2. The number of aromatic nitrogens is 1. The molecular formula is C39H48N4O8S. The molecular weight excluding hydrogens is 685 g/mol. The van der Waals surface area contributed by atoms with Gasteiger partial charge in [0.15, 0.2) is 0 Å². The van der Waals surface area contributed by atoms with Gasteiger partial charge in [0.05, 0.1) is 26.2 Å². The molecule has 4 aromatic rings. The summed E-state index contributed by atoms with van der Waals surface area (Å²) in [5.74, 6) is -1.35. The van der Waals surface area contributed by atoms with E-state index in [1.807, 2.05) is 49.4 Å². The lowest BCUT2D eigenvalue weighted by atomic mass is 9.95. The Hall–Kier alpha value is -4.88. The van der Waals surface area contributed by atoms with Crippen molar-refractivity contribution >= 4 is 51.0 Å². The topological polar surface area (TPSA) is 148 Å². The molecule has 1 aliphatic rings. The number of hydrogen-bond donors (Lipinski definition) is 3. The minimum atomic E-state index is -1.06. The fourth-order valence-corrected chi connectivity index (χ4v) is 7.41. The highest BCUT2D eigenvalue weighted by molar-refractivity contribution is 7.17. The van der Waals surface area contributed by atoms with E-state index in [4.69, 9.17) is 18.9 Å². The average molecular weight is 733 g/mol. The molecule has 2 amide bonds. The van der Waals surface area contributed by atoms with Gasteiger partial charge in [0.2, 0.25) is 5.91 Å². The number of rotatable bonds is 10. The summed E-state index contributed by atoms with van der Waals surface area (Å²) in [5, 5.41) is 6.94. The van der Waals surface area contributed by atoms with Gasteiger partial charge in [-0.25, -0.2) is 9.59 Å². The summed E-state index contributed by atoms with van der Waals surface area (Å²) in [7, 11) is 3.23. The largest absolute Gasteiger partial charge is 0.497 e. The van der Waals surface area contributed by atoms with Crippen LogP contribution in [0, 0.1) is 6.92 Å². The fraction of sp³-hybridized carbons (Fsp3) is 0.436. The number of aromatic amines is 1. The van der Waals surface area contributed by atoms with Gasteiger partial charge in [-0.15, -0.1) is 11.3 Å². The molecule has 2 aromatic carbocycles. The summed E-state index contributed by atoms with van der Waals surface area (Å²) in [6.45, 7) is 13.5. The number of benzene rings is 2. The second kappa shape index (κ2) is 15.4. The van der Waals surface area contributed by atoms with Crippen LogP contribution in [0.4, 0.5) is 5.00 Å². The third-order valence-corrected chi connectivity index (χ3v) is 9.68. The van der Waals surface area contributed by atoms with Crippen LogP contribution in [-0.4, -0.2) is 71.6 Å². The van der Waals surface area contributed by atoms with Crippen LogP contribution in [0.15, 0.2) is 42.5 Å². The van der Waals surface area contributed by atoms with Gasteiger partial charge in [-0.1, -0.05) is 12.1 Å². The van der Waals surface area contributed by atoms with Crippen LogP contribution in [0.25, 0.3) is 10.9 Å². The SMILES string of the molecule is COc1ccc(CN2Cc3sc(NC(=O)C(=O)OC(C)(C)C)c(C(=O)OC(C)(C)C)c3CC2CNC(=O)Cc2c(C)[nH]c3ccc(OC)cc23)cc1. The summed E-state index contributed by atoms with van der Waals surface area (Å²) in [6, 6.07) is 13.3. The molecule has 0 saturated carbocycles. The summed E-state index contributed by atoms with van der Waals surface area (Å²) in [4.78, 5) is 59.4. The lowest BCUT2D eigenvalue weighted by molar-refractivity contribution is -0.161. The van der Waals surface area contributed by atoms with Crippen LogP contribution < -0.4 is 20.1 Å². The summed E-state index contributed by atoms with van der Waals surface area (Å²) in [6.07, 6.45) is 0.542. The number of ether oxygens (including phenoxy) is 4. The van der Waals surface area contributed by atoms with Gasteiger partial charge >= 0.3 is 17.8 Å². The highest BCUT2D eigenvalue weighted by atomic mass is 32.1.